The van der Waals surface area contributed by atoms with Gasteiger partial charge in [-0.2, -0.15) is 0 Å². The lowest BCUT2D eigenvalue weighted by atomic mass is 9.97. The lowest BCUT2D eigenvalue weighted by molar-refractivity contribution is -0.148. The van der Waals surface area contributed by atoms with Gasteiger partial charge in [-0.15, -0.1) is 0 Å². The highest BCUT2D eigenvalue weighted by molar-refractivity contribution is 5.80. The molecule has 1 saturated carbocycles. The topological polar surface area (TPSA) is 50.8 Å². The summed E-state index contributed by atoms with van der Waals surface area (Å²) in [6, 6.07) is 0.480. The zero-order chi connectivity index (χ0) is 15.2. The Bertz CT molecular complexity index is 305. The molecule has 1 aliphatic carbocycles. The summed E-state index contributed by atoms with van der Waals surface area (Å²) in [5.41, 5.74) is -0.580. The number of likely N-dealkylation sites (N-methyl/N-ethyl adjacent to an activating group) is 1. The van der Waals surface area contributed by atoms with E-state index in [0.29, 0.717) is 6.04 Å². The molecule has 20 heavy (non-hydrogen) atoms. The van der Waals surface area contributed by atoms with Crippen LogP contribution in [0.4, 0.5) is 0 Å². The Morgan fingerprint density at radius 2 is 2.05 bits per heavy atom. The molecule has 118 valence electrons. The summed E-state index contributed by atoms with van der Waals surface area (Å²) in [4.78, 5) is 14.2. The number of carbonyl (C=O) groups is 1. The summed E-state index contributed by atoms with van der Waals surface area (Å²) in [5, 5.41) is 3.42. The fourth-order valence-corrected chi connectivity index (χ4v) is 2.11. The molecule has 5 nitrogen and oxygen atoms in total. The molecule has 5 heteroatoms. The van der Waals surface area contributed by atoms with Crippen molar-refractivity contribution >= 4 is 5.97 Å². The average molecular weight is 286 g/mol. The van der Waals surface area contributed by atoms with E-state index in [1.54, 1.807) is 0 Å². The molecule has 1 rings (SSSR count). The smallest absolute Gasteiger partial charge is 0.325 e. The molecule has 0 aromatic carbocycles. The molecule has 0 amide bonds. The molecule has 0 radical (unpaired) electrons. The minimum Gasteiger partial charge on any atom is -0.468 e. The van der Waals surface area contributed by atoms with Crippen molar-refractivity contribution in [3.8, 4) is 0 Å². The van der Waals surface area contributed by atoms with E-state index in [0.717, 1.165) is 39.0 Å². The van der Waals surface area contributed by atoms with Crippen LogP contribution in [0, 0.1) is 0 Å². The van der Waals surface area contributed by atoms with Gasteiger partial charge in [0.25, 0.3) is 0 Å². The monoisotopic (exact) mass is 286 g/mol. The highest BCUT2D eigenvalue weighted by atomic mass is 16.5. The zero-order valence-electron chi connectivity index (χ0n) is 13.6. The number of ether oxygens (including phenoxy) is 2. The highest BCUT2D eigenvalue weighted by Crippen LogP contribution is 2.25. The third-order valence-electron chi connectivity index (χ3n) is 3.65. The molecular formula is C15H30N2O3. The molecule has 1 N–H and O–H groups in total. The number of nitrogens with one attached hydrogen (secondary N) is 1. The number of methoxy groups -OCH3 is 1. The Labute approximate surface area is 123 Å². The quantitative estimate of drug-likeness (QED) is 0.616. The average Bonchev–Trinajstić information content (AvgIpc) is 3.18. The molecule has 0 aromatic heterocycles. The van der Waals surface area contributed by atoms with Gasteiger partial charge in [0.15, 0.2) is 0 Å². The van der Waals surface area contributed by atoms with Gasteiger partial charge in [0.1, 0.15) is 5.54 Å². The van der Waals surface area contributed by atoms with E-state index in [9.17, 15) is 4.79 Å². The maximum atomic E-state index is 12.0. The van der Waals surface area contributed by atoms with E-state index in [2.05, 4.69) is 17.3 Å². The zero-order valence-corrected chi connectivity index (χ0v) is 13.6. The summed E-state index contributed by atoms with van der Waals surface area (Å²) in [6.45, 7) is 8.45. The van der Waals surface area contributed by atoms with Crippen LogP contribution in [0.3, 0.4) is 0 Å². The first-order chi connectivity index (χ1) is 9.37. The predicted molar refractivity (Wildman–Crippen MR) is 79.8 cm³/mol. The van der Waals surface area contributed by atoms with Gasteiger partial charge in [0, 0.05) is 19.1 Å². The Morgan fingerprint density at radius 1 is 1.40 bits per heavy atom. The van der Waals surface area contributed by atoms with Gasteiger partial charge in [-0.1, -0.05) is 0 Å². The molecular weight excluding hydrogens is 256 g/mol. The Hall–Kier alpha value is -0.650. The summed E-state index contributed by atoms with van der Waals surface area (Å²) >= 11 is 0. The molecule has 1 aliphatic rings. The van der Waals surface area contributed by atoms with Crippen LogP contribution in [0.2, 0.25) is 0 Å². The first-order valence-corrected chi connectivity index (χ1v) is 7.53. The molecule has 1 fully saturated rings. The number of carbonyl (C=O) groups excluding carboxylic acids is 1. The second-order valence-electron chi connectivity index (χ2n) is 6.22. The summed E-state index contributed by atoms with van der Waals surface area (Å²) in [6.07, 6.45) is 3.32. The van der Waals surface area contributed by atoms with Crippen molar-refractivity contribution < 1.29 is 14.3 Å². The molecule has 0 bridgehead atoms. The summed E-state index contributed by atoms with van der Waals surface area (Å²) in [7, 11) is 3.51. The van der Waals surface area contributed by atoms with E-state index in [1.165, 1.54) is 7.11 Å². The normalized spacial score (nSPS) is 18.4. The van der Waals surface area contributed by atoms with Crippen LogP contribution in [0.1, 0.15) is 40.0 Å². The molecule has 0 saturated heterocycles. The Balaban J connectivity index is 2.35. The van der Waals surface area contributed by atoms with Gasteiger partial charge >= 0.3 is 5.97 Å². The van der Waals surface area contributed by atoms with Crippen molar-refractivity contribution in [3.05, 3.63) is 0 Å². The molecule has 0 heterocycles. The third kappa shape index (κ3) is 6.20. The number of esters is 1. The van der Waals surface area contributed by atoms with Gasteiger partial charge < -0.3 is 14.4 Å². The largest absolute Gasteiger partial charge is 0.468 e. The predicted octanol–water partition coefficient (Wildman–Crippen LogP) is 1.42. The van der Waals surface area contributed by atoms with Crippen molar-refractivity contribution in [2.45, 2.75) is 57.7 Å². The van der Waals surface area contributed by atoms with Crippen molar-refractivity contribution in [1.82, 2.24) is 10.2 Å². The number of hydrogen-bond acceptors (Lipinski definition) is 5. The van der Waals surface area contributed by atoms with Gasteiger partial charge in [-0.3, -0.25) is 10.1 Å². The molecule has 1 unspecified atom stereocenters. The lowest BCUT2D eigenvalue weighted by Crippen LogP contribution is -2.52. The van der Waals surface area contributed by atoms with E-state index in [4.69, 9.17) is 9.47 Å². The third-order valence-corrected chi connectivity index (χ3v) is 3.65. The Kier molecular flexibility index (Phi) is 6.92. The maximum Gasteiger partial charge on any atom is 0.325 e. The molecule has 1 atom stereocenters. The first-order valence-electron chi connectivity index (χ1n) is 7.53. The van der Waals surface area contributed by atoms with Crippen LogP contribution in [-0.4, -0.2) is 62.4 Å². The highest BCUT2D eigenvalue weighted by Gasteiger charge is 2.39. The van der Waals surface area contributed by atoms with Crippen LogP contribution >= 0.6 is 0 Å². The van der Waals surface area contributed by atoms with Gasteiger partial charge in [-0.05, 0) is 47.1 Å². The minimum atomic E-state index is -0.580. The summed E-state index contributed by atoms with van der Waals surface area (Å²) < 4.78 is 10.5. The number of hydrogen-bond donors (Lipinski definition) is 1. The van der Waals surface area contributed by atoms with E-state index in [1.807, 2.05) is 20.8 Å². The fraction of sp³-hybridized carbons (Fsp3) is 0.933. The van der Waals surface area contributed by atoms with Crippen LogP contribution < -0.4 is 5.32 Å². The second kappa shape index (κ2) is 7.96. The second-order valence-corrected chi connectivity index (χ2v) is 6.22. The van der Waals surface area contributed by atoms with Gasteiger partial charge in [0.05, 0.1) is 19.8 Å². The van der Waals surface area contributed by atoms with E-state index >= 15 is 0 Å². The number of nitrogens with zero attached hydrogens (tertiary/aromatic N) is 1. The Morgan fingerprint density at radius 3 is 2.55 bits per heavy atom. The molecule has 0 aromatic rings. The van der Waals surface area contributed by atoms with E-state index < -0.39 is 5.54 Å². The first kappa shape index (κ1) is 17.4. The summed E-state index contributed by atoms with van der Waals surface area (Å²) in [5.74, 6) is -0.170. The lowest BCUT2D eigenvalue weighted by Gasteiger charge is -2.30. The van der Waals surface area contributed by atoms with Gasteiger partial charge in [0.2, 0.25) is 0 Å². The van der Waals surface area contributed by atoms with Crippen LogP contribution in [0.5, 0.6) is 0 Å². The van der Waals surface area contributed by atoms with Crippen LogP contribution in [-0.2, 0) is 14.3 Å². The van der Waals surface area contributed by atoms with Crippen LogP contribution in [0.25, 0.3) is 0 Å². The SMILES string of the molecule is COC(=O)C(C)(CCN(C)CCOC(C)C)NC1CC1. The molecule has 0 aliphatic heterocycles. The molecule has 0 spiro atoms. The van der Waals surface area contributed by atoms with Crippen molar-refractivity contribution in [3.63, 3.8) is 0 Å². The fourth-order valence-electron chi connectivity index (χ4n) is 2.11. The minimum absolute atomic E-state index is 0.170. The van der Waals surface area contributed by atoms with E-state index in [-0.39, 0.29) is 12.1 Å². The van der Waals surface area contributed by atoms with Crippen LogP contribution in [0.15, 0.2) is 0 Å². The van der Waals surface area contributed by atoms with Crippen molar-refractivity contribution in [2.24, 2.45) is 0 Å². The van der Waals surface area contributed by atoms with Crippen molar-refractivity contribution in [1.29, 1.82) is 0 Å². The maximum absolute atomic E-state index is 12.0. The van der Waals surface area contributed by atoms with Crippen molar-refractivity contribution in [2.75, 3.05) is 33.9 Å². The standard InChI is InChI=1S/C15H30N2O3/c1-12(2)20-11-10-17(4)9-8-15(3,14(18)19-5)16-13-6-7-13/h12-13,16H,6-11H2,1-5H3. The number of rotatable bonds is 10. The van der Waals surface area contributed by atoms with Gasteiger partial charge in [-0.25, -0.2) is 0 Å².